The highest BCUT2D eigenvalue weighted by molar-refractivity contribution is 5.45. The van der Waals surface area contributed by atoms with Crippen LogP contribution in [0, 0.1) is 5.92 Å². The lowest BCUT2D eigenvalue weighted by Crippen LogP contribution is -2.29. The number of anilines is 1. The SMILES string of the molecule is CC(C)C(CO)Nc1ccn2nccc2n1. The van der Waals surface area contributed by atoms with Gasteiger partial charge in [0.1, 0.15) is 5.82 Å². The number of hydrogen-bond acceptors (Lipinski definition) is 4. The maximum absolute atomic E-state index is 9.22. The highest BCUT2D eigenvalue weighted by atomic mass is 16.3. The van der Waals surface area contributed by atoms with Gasteiger partial charge in [-0.25, -0.2) is 9.50 Å². The highest BCUT2D eigenvalue weighted by Gasteiger charge is 2.12. The number of aromatic nitrogens is 3. The Morgan fingerprint density at radius 2 is 2.25 bits per heavy atom. The second-order valence-electron chi connectivity index (χ2n) is 4.12. The standard InChI is InChI=1S/C11H16N4O/c1-8(2)9(7-16)13-10-4-6-15-11(14-10)3-5-12-15/h3-6,8-9,16H,7H2,1-2H3,(H,13,14). The Kier molecular flexibility index (Phi) is 3.05. The van der Waals surface area contributed by atoms with Gasteiger partial charge in [-0.1, -0.05) is 13.8 Å². The molecule has 0 saturated carbocycles. The highest BCUT2D eigenvalue weighted by Crippen LogP contribution is 2.11. The fraction of sp³-hybridized carbons (Fsp3) is 0.455. The molecule has 86 valence electrons. The zero-order valence-corrected chi connectivity index (χ0v) is 9.46. The number of nitrogens with one attached hydrogen (secondary N) is 1. The fourth-order valence-corrected chi connectivity index (χ4v) is 1.51. The molecule has 1 unspecified atom stereocenters. The lowest BCUT2D eigenvalue weighted by Gasteiger charge is -2.20. The van der Waals surface area contributed by atoms with E-state index in [0.29, 0.717) is 5.92 Å². The van der Waals surface area contributed by atoms with E-state index in [1.165, 1.54) is 0 Å². The van der Waals surface area contributed by atoms with Gasteiger partial charge >= 0.3 is 0 Å². The van der Waals surface area contributed by atoms with Gasteiger partial charge in [0.2, 0.25) is 0 Å². The van der Waals surface area contributed by atoms with Crippen molar-refractivity contribution in [3.8, 4) is 0 Å². The summed E-state index contributed by atoms with van der Waals surface area (Å²) in [4.78, 5) is 4.38. The van der Waals surface area contributed by atoms with E-state index in [0.717, 1.165) is 11.5 Å². The average molecular weight is 220 g/mol. The summed E-state index contributed by atoms with van der Waals surface area (Å²) in [6.07, 6.45) is 3.55. The van der Waals surface area contributed by atoms with Crippen molar-refractivity contribution >= 4 is 11.5 Å². The molecule has 0 radical (unpaired) electrons. The molecule has 5 nitrogen and oxygen atoms in total. The van der Waals surface area contributed by atoms with E-state index in [-0.39, 0.29) is 12.6 Å². The van der Waals surface area contributed by atoms with Crippen molar-refractivity contribution in [3.63, 3.8) is 0 Å². The molecule has 1 atom stereocenters. The fourth-order valence-electron chi connectivity index (χ4n) is 1.51. The quantitative estimate of drug-likeness (QED) is 0.811. The van der Waals surface area contributed by atoms with Gasteiger partial charge in [-0.05, 0) is 12.0 Å². The molecule has 2 N–H and O–H groups in total. The van der Waals surface area contributed by atoms with Crippen LogP contribution in [0.4, 0.5) is 5.82 Å². The number of hydrogen-bond donors (Lipinski definition) is 2. The minimum absolute atomic E-state index is 0.0258. The molecule has 0 aliphatic rings. The Balaban J connectivity index is 2.19. The van der Waals surface area contributed by atoms with Crippen molar-refractivity contribution in [3.05, 3.63) is 24.5 Å². The Bertz CT molecular complexity index is 466. The lowest BCUT2D eigenvalue weighted by atomic mass is 10.1. The van der Waals surface area contributed by atoms with Crippen LogP contribution in [0.3, 0.4) is 0 Å². The average Bonchev–Trinajstić information content (AvgIpc) is 2.72. The van der Waals surface area contributed by atoms with E-state index in [1.807, 2.05) is 18.3 Å². The molecule has 16 heavy (non-hydrogen) atoms. The molecule has 0 spiro atoms. The van der Waals surface area contributed by atoms with Gasteiger partial charge in [-0.2, -0.15) is 5.10 Å². The van der Waals surface area contributed by atoms with Crippen LogP contribution in [-0.2, 0) is 0 Å². The Labute approximate surface area is 94.1 Å². The van der Waals surface area contributed by atoms with E-state index in [9.17, 15) is 5.11 Å². The third-order valence-electron chi connectivity index (χ3n) is 2.59. The zero-order valence-electron chi connectivity index (χ0n) is 9.46. The molecule has 0 saturated heterocycles. The first kappa shape index (κ1) is 10.9. The molecule has 2 heterocycles. The lowest BCUT2D eigenvalue weighted by molar-refractivity contribution is 0.249. The topological polar surface area (TPSA) is 62.5 Å². The first-order valence-corrected chi connectivity index (χ1v) is 5.38. The molecule has 0 aliphatic heterocycles. The summed E-state index contributed by atoms with van der Waals surface area (Å²) < 4.78 is 1.70. The van der Waals surface area contributed by atoms with Crippen LogP contribution in [0.1, 0.15) is 13.8 Å². The number of nitrogens with zero attached hydrogens (tertiary/aromatic N) is 3. The molecular weight excluding hydrogens is 204 g/mol. The molecule has 0 bridgehead atoms. The van der Waals surface area contributed by atoms with Crippen molar-refractivity contribution in [2.75, 3.05) is 11.9 Å². The van der Waals surface area contributed by atoms with Crippen molar-refractivity contribution in [2.24, 2.45) is 5.92 Å². The zero-order chi connectivity index (χ0) is 11.5. The van der Waals surface area contributed by atoms with Crippen molar-refractivity contribution in [1.29, 1.82) is 0 Å². The van der Waals surface area contributed by atoms with E-state index in [1.54, 1.807) is 10.7 Å². The molecule has 2 aromatic rings. The van der Waals surface area contributed by atoms with Crippen LogP contribution in [-0.4, -0.2) is 32.4 Å². The Morgan fingerprint density at radius 1 is 1.44 bits per heavy atom. The minimum Gasteiger partial charge on any atom is -0.394 e. The Hall–Kier alpha value is -1.62. The normalized spacial score (nSPS) is 13.2. The molecule has 0 aliphatic carbocycles. The van der Waals surface area contributed by atoms with Gasteiger partial charge < -0.3 is 10.4 Å². The van der Waals surface area contributed by atoms with Crippen LogP contribution in [0.15, 0.2) is 24.5 Å². The maximum atomic E-state index is 9.22. The predicted molar refractivity (Wildman–Crippen MR) is 62.3 cm³/mol. The smallest absolute Gasteiger partial charge is 0.157 e. The number of aliphatic hydroxyl groups excluding tert-OH is 1. The first-order valence-electron chi connectivity index (χ1n) is 5.38. The summed E-state index contributed by atoms with van der Waals surface area (Å²) in [6.45, 7) is 4.22. The van der Waals surface area contributed by atoms with Crippen molar-refractivity contribution in [1.82, 2.24) is 14.6 Å². The summed E-state index contributed by atoms with van der Waals surface area (Å²) >= 11 is 0. The summed E-state index contributed by atoms with van der Waals surface area (Å²) in [7, 11) is 0. The van der Waals surface area contributed by atoms with Gasteiger partial charge in [-0.3, -0.25) is 0 Å². The molecule has 2 rings (SSSR count). The van der Waals surface area contributed by atoms with Gasteiger partial charge in [-0.15, -0.1) is 0 Å². The monoisotopic (exact) mass is 220 g/mol. The number of fused-ring (bicyclic) bond motifs is 1. The van der Waals surface area contributed by atoms with E-state index in [2.05, 4.69) is 29.2 Å². The summed E-state index contributed by atoms with van der Waals surface area (Å²) in [5.41, 5.74) is 0.797. The third-order valence-corrected chi connectivity index (χ3v) is 2.59. The van der Waals surface area contributed by atoms with Crippen LogP contribution >= 0.6 is 0 Å². The van der Waals surface area contributed by atoms with Gasteiger partial charge in [0.15, 0.2) is 5.65 Å². The second-order valence-corrected chi connectivity index (χ2v) is 4.12. The van der Waals surface area contributed by atoms with Crippen molar-refractivity contribution < 1.29 is 5.11 Å². The van der Waals surface area contributed by atoms with E-state index >= 15 is 0 Å². The van der Waals surface area contributed by atoms with Crippen LogP contribution < -0.4 is 5.32 Å². The minimum atomic E-state index is 0.0258. The number of aliphatic hydroxyl groups is 1. The third kappa shape index (κ3) is 2.14. The van der Waals surface area contributed by atoms with Crippen LogP contribution in [0.5, 0.6) is 0 Å². The van der Waals surface area contributed by atoms with E-state index in [4.69, 9.17) is 0 Å². The molecule has 5 heteroatoms. The van der Waals surface area contributed by atoms with Crippen molar-refractivity contribution in [2.45, 2.75) is 19.9 Å². The molecule has 0 fully saturated rings. The second kappa shape index (κ2) is 4.49. The molecule has 0 aromatic carbocycles. The molecular formula is C11H16N4O. The summed E-state index contributed by atoms with van der Waals surface area (Å²) in [5.74, 6) is 1.12. The first-order chi connectivity index (χ1) is 7.70. The molecule has 0 amide bonds. The van der Waals surface area contributed by atoms with Gasteiger partial charge in [0, 0.05) is 12.3 Å². The largest absolute Gasteiger partial charge is 0.394 e. The summed E-state index contributed by atoms with van der Waals surface area (Å²) in [6, 6.07) is 3.72. The van der Waals surface area contributed by atoms with Gasteiger partial charge in [0.25, 0.3) is 0 Å². The Morgan fingerprint density at radius 3 is 2.94 bits per heavy atom. The number of rotatable bonds is 4. The molecule has 2 aromatic heterocycles. The predicted octanol–water partition coefficient (Wildman–Crippen LogP) is 1.16. The van der Waals surface area contributed by atoms with Gasteiger partial charge in [0.05, 0.1) is 18.8 Å². The summed E-state index contributed by atoms with van der Waals surface area (Å²) in [5, 5.41) is 16.5. The maximum Gasteiger partial charge on any atom is 0.157 e. The van der Waals surface area contributed by atoms with Crippen LogP contribution in [0.2, 0.25) is 0 Å². The van der Waals surface area contributed by atoms with E-state index < -0.39 is 0 Å². The van der Waals surface area contributed by atoms with Crippen LogP contribution in [0.25, 0.3) is 5.65 Å².